The van der Waals surface area contributed by atoms with Crippen LogP contribution in [0.1, 0.15) is 5.56 Å². The molecular formula is C27H23N3. The van der Waals surface area contributed by atoms with E-state index in [2.05, 4.69) is 94.7 Å². The van der Waals surface area contributed by atoms with Gasteiger partial charge < -0.3 is 9.80 Å². The molecule has 0 fully saturated rings. The maximum atomic E-state index is 9.54. The van der Waals surface area contributed by atoms with Crippen molar-refractivity contribution in [2.24, 2.45) is 0 Å². The Kier molecular flexibility index (Phi) is 4.41. The van der Waals surface area contributed by atoms with Crippen molar-refractivity contribution in [1.82, 2.24) is 0 Å². The molecule has 5 rings (SSSR count). The molecule has 0 N–H and O–H groups in total. The van der Waals surface area contributed by atoms with Crippen molar-refractivity contribution >= 4 is 43.7 Å². The molecule has 0 amide bonds. The molecule has 0 atom stereocenters. The number of hydrogen-bond acceptors (Lipinski definition) is 3. The fraction of sp³-hybridized carbons (Fsp3) is 0.148. The highest BCUT2D eigenvalue weighted by Crippen LogP contribution is 2.39. The van der Waals surface area contributed by atoms with Gasteiger partial charge in [-0.3, -0.25) is 0 Å². The Hall–Kier alpha value is -3.77. The summed E-state index contributed by atoms with van der Waals surface area (Å²) in [6.07, 6.45) is 0. The lowest BCUT2D eigenvalue weighted by Gasteiger charge is -2.25. The number of nitrogens with zero attached hydrogens (tertiary/aromatic N) is 3. The third-order valence-electron chi connectivity index (χ3n) is 5.93. The quantitative estimate of drug-likeness (QED) is 0.266. The maximum absolute atomic E-state index is 9.54. The third-order valence-corrected chi connectivity index (χ3v) is 5.93. The van der Waals surface area contributed by atoms with E-state index in [1.807, 2.05) is 14.1 Å². The van der Waals surface area contributed by atoms with E-state index in [-0.39, 0.29) is 0 Å². The SMILES string of the molecule is CN(C)c1ccc(CN(CC#N)c2ccc3ccc4cccc5ccc2c3c45)cc1. The predicted molar refractivity (Wildman–Crippen MR) is 128 cm³/mol. The first-order valence-electron chi connectivity index (χ1n) is 10.2. The van der Waals surface area contributed by atoms with Crippen LogP contribution < -0.4 is 9.80 Å². The van der Waals surface area contributed by atoms with Crippen LogP contribution in [-0.4, -0.2) is 20.6 Å². The highest BCUT2D eigenvalue weighted by Gasteiger charge is 2.15. The summed E-state index contributed by atoms with van der Waals surface area (Å²) in [5, 5.41) is 17.1. The lowest BCUT2D eigenvalue weighted by atomic mass is 9.93. The van der Waals surface area contributed by atoms with E-state index >= 15 is 0 Å². The molecular weight excluding hydrogens is 366 g/mol. The molecule has 0 spiro atoms. The molecule has 0 radical (unpaired) electrons. The van der Waals surface area contributed by atoms with Gasteiger partial charge >= 0.3 is 0 Å². The summed E-state index contributed by atoms with van der Waals surface area (Å²) < 4.78 is 0. The fourth-order valence-corrected chi connectivity index (χ4v) is 4.43. The first-order chi connectivity index (χ1) is 14.7. The number of hydrogen-bond donors (Lipinski definition) is 0. The summed E-state index contributed by atoms with van der Waals surface area (Å²) in [5.74, 6) is 0. The predicted octanol–water partition coefficient (Wildman–Crippen LogP) is 6.18. The van der Waals surface area contributed by atoms with Crippen molar-refractivity contribution < 1.29 is 0 Å². The Balaban J connectivity index is 1.64. The van der Waals surface area contributed by atoms with Crippen LogP contribution in [0.2, 0.25) is 0 Å². The van der Waals surface area contributed by atoms with E-state index in [1.54, 1.807) is 0 Å². The Morgan fingerprint density at radius 2 is 1.37 bits per heavy atom. The molecule has 0 aromatic heterocycles. The topological polar surface area (TPSA) is 30.3 Å². The van der Waals surface area contributed by atoms with Crippen molar-refractivity contribution in [3.63, 3.8) is 0 Å². The van der Waals surface area contributed by atoms with E-state index in [1.165, 1.54) is 43.6 Å². The van der Waals surface area contributed by atoms with Gasteiger partial charge in [-0.15, -0.1) is 0 Å². The highest BCUT2D eigenvalue weighted by atomic mass is 15.1. The largest absolute Gasteiger partial charge is 0.378 e. The number of nitriles is 1. The van der Waals surface area contributed by atoms with Gasteiger partial charge in [0.15, 0.2) is 0 Å². The Labute approximate surface area is 176 Å². The molecule has 0 aliphatic carbocycles. The van der Waals surface area contributed by atoms with E-state index < -0.39 is 0 Å². The molecule has 30 heavy (non-hydrogen) atoms. The number of rotatable bonds is 5. The highest BCUT2D eigenvalue weighted by molar-refractivity contribution is 6.25. The molecule has 0 unspecified atom stereocenters. The summed E-state index contributed by atoms with van der Waals surface area (Å²) in [7, 11) is 4.09. The monoisotopic (exact) mass is 389 g/mol. The Morgan fingerprint density at radius 3 is 2.03 bits per heavy atom. The lowest BCUT2D eigenvalue weighted by Crippen LogP contribution is -2.23. The Morgan fingerprint density at radius 1 is 0.733 bits per heavy atom. The first kappa shape index (κ1) is 18.3. The third kappa shape index (κ3) is 2.98. The van der Waals surface area contributed by atoms with Crippen LogP contribution in [0.15, 0.2) is 78.9 Å². The van der Waals surface area contributed by atoms with Gasteiger partial charge in [0.25, 0.3) is 0 Å². The van der Waals surface area contributed by atoms with Crippen LogP contribution in [0.25, 0.3) is 32.3 Å². The molecule has 3 nitrogen and oxygen atoms in total. The minimum Gasteiger partial charge on any atom is -0.378 e. The average Bonchev–Trinajstić information content (AvgIpc) is 2.77. The van der Waals surface area contributed by atoms with Gasteiger partial charge in [0, 0.05) is 37.4 Å². The number of benzene rings is 5. The normalized spacial score (nSPS) is 11.2. The molecule has 3 heteroatoms. The van der Waals surface area contributed by atoms with Crippen molar-refractivity contribution in [1.29, 1.82) is 5.26 Å². The minimum absolute atomic E-state index is 0.347. The van der Waals surface area contributed by atoms with Crippen LogP contribution in [0.3, 0.4) is 0 Å². The van der Waals surface area contributed by atoms with E-state index in [9.17, 15) is 5.26 Å². The smallest absolute Gasteiger partial charge is 0.106 e. The zero-order chi connectivity index (χ0) is 20.7. The molecule has 0 saturated carbocycles. The molecule has 0 saturated heterocycles. The van der Waals surface area contributed by atoms with Crippen LogP contribution in [0.4, 0.5) is 11.4 Å². The van der Waals surface area contributed by atoms with E-state index in [4.69, 9.17) is 0 Å². The van der Waals surface area contributed by atoms with Crippen LogP contribution in [0, 0.1) is 11.3 Å². The summed E-state index contributed by atoms with van der Waals surface area (Å²) >= 11 is 0. The zero-order valence-corrected chi connectivity index (χ0v) is 17.3. The molecule has 146 valence electrons. The zero-order valence-electron chi connectivity index (χ0n) is 17.3. The Bertz CT molecular complexity index is 1360. The van der Waals surface area contributed by atoms with Crippen molar-refractivity contribution in [3.05, 3.63) is 84.4 Å². The van der Waals surface area contributed by atoms with Gasteiger partial charge in [-0.1, -0.05) is 60.7 Å². The van der Waals surface area contributed by atoms with Crippen molar-refractivity contribution in [2.75, 3.05) is 30.4 Å². The standard InChI is InChI=1S/C27H23N3/c1-29(2)23-12-6-19(7-13-23)18-30(17-16-28)25-15-11-22-9-8-20-4-3-5-21-10-14-24(25)27(22)26(20)21/h3-15H,17-18H2,1-2H3. The van der Waals surface area contributed by atoms with Crippen LogP contribution >= 0.6 is 0 Å². The van der Waals surface area contributed by atoms with Crippen LogP contribution in [-0.2, 0) is 6.54 Å². The molecule has 0 aliphatic heterocycles. The number of anilines is 2. The van der Waals surface area contributed by atoms with E-state index in [0.29, 0.717) is 13.1 Å². The summed E-state index contributed by atoms with van der Waals surface area (Å²) in [6, 6.07) is 30.5. The van der Waals surface area contributed by atoms with Crippen molar-refractivity contribution in [2.45, 2.75) is 6.54 Å². The second kappa shape index (κ2) is 7.24. The first-order valence-corrected chi connectivity index (χ1v) is 10.2. The van der Waals surface area contributed by atoms with Gasteiger partial charge in [-0.2, -0.15) is 5.26 Å². The van der Waals surface area contributed by atoms with Gasteiger partial charge in [0.05, 0.1) is 6.07 Å². The second-order valence-electron chi connectivity index (χ2n) is 8.02. The minimum atomic E-state index is 0.347. The summed E-state index contributed by atoms with van der Waals surface area (Å²) in [5.41, 5.74) is 3.48. The lowest BCUT2D eigenvalue weighted by molar-refractivity contribution is 0.876. The summed E-state index contributed by atoms with van der Waals surface area (Å²) in [6.45, 7) is 1.05. The van der Waals surface area contributed by atoms with E-state index in [0.717, 1.165) is 5.69 Å². The van der Waals surface area contributed by atoms with Gasteiger partial charge in [0.2, 0.25) is 0 Å². The maximum Gasteiger partial charge on any atom is 0.106 e. The molecule has 0 heterocycles. The summed E-state index contributed by atoms with van der Waals surface area (Å²) in [4.78, 5) is 4.27. The second-order valence-corrected chi connectivity index (χ2v) is 8.02. The molecule has 0 aliphatic rings. The molecule has 5 aromatic carbocycles. The van der Waals surface area contributed by atoms with Crippen LogP contribution in [0.5, 0.6) is 0 Å². The molecule has 5 aromatic rings. The fourth-order valence-electron chi connectivity index (χ4n) is 4.43. The van der Waals surface area contributed by atoms with Crippen molar-refractivity contribution in [3.8, 4) is 6.07 Å². The molecule has 0 bridgehead atoms. The average molecular weight is 390 g/mol. The van der Waals surface area contributed by atoms with Gasteiger partial charge in [0.1, 0.15) is 6.54 Å². The van der Waals surface area contributed by atoms with Gasteiger partial charge in [-0.25, -0.2) is 0 Å². The van der Waals surface area contributed by atoms with Gasteiger partial charge in [-0.05, 0) is 50.7 Å².